The van der Waals surface area contributed by atoms with E-state index in [1.54, 1.807) is 6.26 Å². The molecule has 0 bridgehead atoms. The molecule has 0 aliphatic carbocycles. The second-order valence-corrected chi connectivity index (χ2v) is 2.64. The molecule has 0 saturated carbocycles. The highest BCUT2D eigenvalue weighted by atomic mass is 16.5. The van der Waals surface area contributed by atoms with E-state index in [1.807, 2.05) is 13.8 Å². The lowest BCUT2D eigenvalue weighted by atomic mass is 10.1. The van der Waals surface area contributed by atoms with Crippen molar-refractivity contribution in [2.24, 2.45) is 0 Å². The number of hydrogen-bond donors (Lipinski definition) is 0. The third-order valence-corrected chi connectivity index (χ3v) is 1.43. The molecule has 0 saturated heterocycles. The number of rotatable bonds is 2. The van der Waals surface area contributed by atoms with Crippen LogP contribution in [0.15, 0.2) is 23.9 Å². The van der Waals surface area contributed by atoms with Crippen molar-refractivity contribution in [2.45, 2.75) is 13.8 Å². The summed E-state index contributed by atoms with van der Waals surface area (Å²) in [5, 5.41) is 3.80. The summed E-state index contributed by atoms with van der Waals surface area (Å²) in [6.45, 7) is 11.4. The summed E-state index contributed by atoms with van der Waals surface area (Å²) in [5.74, 6) is 0. The van der Waals surface area contributed by atoms with Gasteiger partial charge in [-0.15, -0.1) is 0 Å². The monoisotopic (exact) mass is 149 g/mol. The fourth-order valence-electron chi connectivity index (χ4n) is 0.847. The third-order valence-electron chi connectivity index (χ3n) is 1.43. The zero-order chi connectivity index (χ0) is 8.43. The summed E-state index contributed by atoms with van der Waals surface area (Å²) in [4.78, 5) is 0. The van der Waals surface area contributed by atoms with Crippen molar-refractivity contribution in [2.75, 3.05) is 0 Å². The molecule has 0 fully saturated rings. The van der Waals surface area contributed by atoms with Crippen LogP contribution in [-0.2, 0) is 0 Å². The molecule has 2 heteroatoms. The van der Waals surface area contributed by atoms with Crippen molar-refractivity contribution < 1.29 is 4.52 Å². The van der Waals surface area contributed by atoms with E-state index in [0.717, 1.165) is 22.4 Å². The largest absolute Gasteiger partial charge is 0.363 e. The first-order valence-corrected chi connectivity index (χ1v) is 3.39. The summed E-state index contributed by atoms with van der Waals surface area (Å²) >= 11 is 0. The Balaban J connectivity index is 3.16. The Morgan fingerprint density at radius 3 is 2.36 bits per heavy atom. The van der Waals surface area contributed by atoms with Gasteiger partial charge < -0.3 is 4.52 Å². The Hall–Kier alpha value is -1.31. The summed E-state index contributed by atoms with van der Waals surface area (Å²) < 4.78 is 4.80. The van der Waals surface area contributed by atoms with E-state index in [0.29, 0.717) is 0 Å². The molecule has 0 aliphatic heterocycles. The Morgan fingerprint density at radius 2 is 2.00 bits per heavy atom. The molecule has 0 amide bonds. The lowest BCUT2D eigenvalue weighted by molar-refractivity contribution is 0.417. The highest BCUT2D eigenvalue weighted by molar-refractivity contribution is 5.73. The van der Waals surface area contributed by atoms with Crippen molar-refractivity contribution in [3.63, 3.8) is 0 Å². The number of nitrogens with zero attached hydrogens (tertiary/aromatic N) is 1. The van der Waals surface area contributed by atoms with Gasteiger partial charge in [0.2, 0.25) is 0 Å². The molecular formula is C9H11NO. The van der Waals surface area contributed by atoms with E-state index in [1.165, 1.54) is 0 Å². The fourth-order valence-corrected chi connectivity index (χ4v) is 0.847. The van der Waals surface area contributed by atoms with Crippen molar-refractivity contribution in [1.82, 2.24) is 5.16 Å². The highest BCUT2D eigenvalue weighted by Gasteiger charge is 2.07. The zero-order valence-corrected chi connectivity index (χ0v) is 6.85. The molecule has 58 valence electrons. The van der Waals surface area contributed by atoms with Crippen LogP contribution in [0.5, 0.6) is 0 Å². The van der Waals surface area contributed by atoms with E-state index in [9.17, 15) is 0 Å². The lowest BCUT2D eigenvalue weighted by Crippen LogP contribution is -1.83. The summed E-state index contributed by atoms with van der Waals surface area (Å²) in [5.41, 5.74) is 3.59. The molecule has 1 aromatic heterocycles. The summed E-state index contributed by atoms with van der Waals surface area (Å²) in [6, 6.07) is 0. The molecule has 0 aliphatic rings. The Labute approximate surface area is 66.2 Å². The molecule has 0 spiro atoms. The minimum Gasteiger partial charge on any atom is -0.363 e. The van der Waals surface area contributed by atoms with Crippen LogP contribution in [0.25, 0.3) is 11.1 Å². The van der Waals surface area contributed by atoms with Gasteiger partial charge in [0.1, 0.15) is 12.0 Å². The van der Waals surface area contributed by atoms with Crippen LogP contribution in [0.4, 0.5) is 0 Å². The van der Waals surface area contributed by atoms with Gasteiger partial charge in [0.05, 0.1) is 0 Å². The molecule has 1 heterocycles. The predicted molar refractivity (Wildman–Crippen MR) is 45.9 cm³/mol. The molecule has 1 rings (SSSR count). The molecule has 0 atom stereocenters. The first-order valence-electron chi connectivity index (χ1n) is 3.39. The number of allylic oxidation sites excluding steroid dienone is 2. The van der Waals surface area contributed by atoms with E-state index in [4.69, 9.17) is 4.52 Å². The maximum Gasteiger partial charge on any atom is 0.131 e. The van der Waals surface area contributed by atoms with Gasteiger partial charge in [-0.25, -0.2) is 0 Å². The molecule has 0 aromatic carbocycles. The van der Waals surface area contributed by atoms with Crippen molar-refractivity contribution in [1.29, 1.82) is 0 Å². The van der Waals surface area contributed by atoms with Crippen molar-refractivity contribution >= 4 is 11.1 Å². The van der Waals surface area contributed by atoms with Gasteiger partial charge in [0, 0.05) is 5.56 Å². The van der Waals surface area contributed by atoms with Gasteiger partial charge in [-0.05, 0) is 25.0 Å². The molecule has 0 radical (unpaired) electrons. The molecule has 2 nitrogen and oxygen atoms in total. The maximum absolute atomic E-state index is 4.80. The lowest BCUT2D eigenvalue weighted by Gasteiger charge is -1.96. The van der Waals surface area contributed by atoms with Crippen LogP contribution in [0.3, 0.4) is 0 Å². The van der Waals surface area contributed by atoms with E-state index in [-0.39, 0.29) is 0 Å². The van der Waals surface area contributed by atoms with Gasteiger partial charge in [-0.3, -0.25) is 0 Å². The molecule has 1 aromatic rings. The van der Waals surface area contributed by atoms with Crippen LogP contribution in [0, 0.1) is 0 Å². The molecule has 0 N–H and O–H groups in total. The Morgan fingerprint density at radius 1 is 1.36 bits per heavy atom. The standard InChI is InChI=1S/C9H11NO/c1-6(2)8-5-11-10-9(8)7(3)4/h5H,1,3H2,2,4H3. The second-order valence-electron chi connectivity index (χ2n) is 2.64. The molecule has 0 unspecified atom stereocenters. The fraction of sp³-hybridized carbons (Fsp3) is 0.222. The predicted octanol–water partition coefficient (Wildman–Crippen LogP) is 2.74. The molecular weight excluding hydrogens is 138 g/mol. The van der Waals surface area contributed by atoms with Crippen molar-refractivity contribution in [3.05, 3.63) is 30.7 Å². The Bertz CT molecular complexity index is 268. The average Bonchev–Trinajstić information content (AvgIpc) is 2.32. The maximum atomic E-state index is 4.80. The average molecular weight is 149 g/mol. The van der Waals surface area contributed by atoms with Crippen LogP contribution in [0.1, 0.15) is 25.1 Å². The quantitative estimate of drug-likeness (QED) is 0.646. The van der Waals surface area contributed by atoms with E-state index < -0.39 is 0 Å². The van der Waals surface area contributed by atoms with Gasteiger partial charge >= 0.3 is 0 Å². The SMILES string of the molecule is C=C(C)c1conc1C(=C)C. The zero-order valence-electron chi connectivity index (χ0n) is 6.85. The van der Waals surface area contributed by atoms with Crippen LogP contribution >= 0.6 is 0 Å². The molecule has 11 heavy (non-hydrogen) atoms. The smallest absolute Gasteiger partial charge is 0.131 e. The van der Waals surface area contributed by atoms with E-state index in [2.05, 4.69) is 18.3 Å². The summed E-state index contributed by atoms with van der Waals surface area (Å²) in [6.07, 6.45) is 1.59. The second kappa shape index (κ2) is 2.74. The number of aromatic nitrogens is 1. The first-order chi connectivity index (χ1) is 5.13. The van der Waals surface area contributed by atoms with E-state index >= 15 is 0 Å². The topological polar surface area (TPSA) is 26.0 Å². The van der Waals surface area contributed by atoms with Crippen LogP contribution in [0.2, 0.25) is 0 Å². The van der Waals surface area contributed by atoms with Gasteiger partial charge in [0.15, 0.2) is 0 Å². The number of hydrogen-bond acceptors (Lipinski definition) is 2. The van der Waals surface area contributed by atoms with Crippen LogP contribution < -0.4 is 0 Å². The normalized spacial score (nSPS) is 9.64. The Kier molecular flexibility index (Phi) is 1.94. The van der Waals surface area contributed by atoms with Gasteiger partial charge in [-0.1, -0.05) is 18.3 Å². The van der Waals surface area contributed by atoms with Crippen molar-refractivity contribution in [3.8, 4) is 0 Å². The first kappa shape index (κ1) is 7.79. The summed E-state index contributed by atoms with van der Waals surface area (Å²) in [7, 11) is 0. The van der Waals surface area contributed by atoms with Gasteiger partial charge in [0.25, 0.3) is 0 Å². The third kappa shape index (κ3) is 1.40. The van der Waals surface area contributed by atoms with Gasteiger partial charge in [-0.2, -0.15) is 0 Å². The minimum atomic E-state index is 0.803. The van der Waals surface area contributed by atoms with Crippen LogP contribution in [-0.4, -0.2) is 5.16 Å². The highest BCUT2D eigenvalue weighted by Crippen LogP contribution is 2.21. The minimum absolute atomic E-state index is 0.803.